The molecule has 3 rings (SSSR count). The van der Waals surface area contributed by atoms with Crippen LogP contribution >= 0.6 is 0 Å². The molecule has 0 radical (unpaired) electrons. The van der Waals surface area contributed by atoms with Gasteiger partial charge in [0.15, 0.2) is 12.6 Å². The van der Waals surface area contributed by atoms with Gasteiger partial charge in [0, 0.05) is 18.6 Å². The topological polar surface area (TPSA) is 269 Å². The summed E-state index contributed by atoms with van der Waals surface area (Å²) >= 11 is 0. The molecule has 0 bridgehead atoms. The van der Waals surface area contributed by atoms with Gasteiger partial charge in [0.1, 0.15) is 61.0 Å². The van der Waals surface area contributed by atoms with Crippen LogP contribution in [0.4, 0.5) is 0 Å². The Bertz CT molecular complexity index is 743. The Kier molecular flexibility index (Phi) is 10.4. The SMILES string of the molecule is C#CCN[C@@H]1CC(N)[C@H](O[C@@H]2OC(CN)[C@H](O)[C@H](O)C2O)[C@H](O)C1OC1O[C@@H](CO)C(O)[C@H](N)[C@H]1O. The summed E-state index contributed by atoms with van der Waals surface area (Å²) < 4.78 is 22.6. The number of hydrogen-bond donors (Lipinski definition) is 11. The van der Waals surface area contributed by atoms with Crippen molar-refractivity contribution < 1.29 is 54.7 Å². The first kappa shape index (κ1) is 29.5. The quantitative estimate of drug-likeness (QED) is 0.132. The molecule has 15 heteroatoms. The fourth-order valence-corrected chi connectivity index (χ4v) is 4.75. The van der Waals surface area contributed by atoms with Gasteiger partial charge >= 0.3 is 0 Å². The number of aliphatic hydroxyl groups excluding tert-OH is 7. The van der Waals surface area contributed by atoms with E-state index in [0.717, 1.165) is 0 Å². The number of nitrogens with one attached hydrogen (secondary N) is 1. The summed E-state index contributed by atoms with van der Waals surface area (Å²) in [7, 11) is 0. The first-order valence-corrected chi connectivity index (χ1v) is 11.7. The first-order valence-electron chi connectivity index (χ1n) is 11.7. The van der Waals surface area contributed by atoms with Crippen molar-refractivity contribution in [3.05, 3.63) is 0 Å². The molecular formula is C21H38N4O11. The van der Waals surface area contributed by atoms with E-state index in [1.807, 2.05) is 0 Å². The molecule has 15 atom stereocenters. The molecular weight excluding hydrogens is 484 g/mol. The van der Waals surface area contributed by atoms with Crippen LogP contribution in [0.5, 0.6) is 0 Å². The van der Waals surface area contributed by atoms with Gasteiger partial charge in [0.25, 0.3) is 0 Å². The van der Waals surface area contributed by atoms with Crippen LogP contribution in [0, 0.1) is 12.3 Å². The highest BCUT2D eigenvalue weighted by Crippen LogP contribution is 2.31. The lowest BCUT2D eigenvalue weighted by Gasteiger charge is -2.48. The number of aliphatic hydroxyl groups is 7. The van der Waals surface area contributed by atoms with Gasteiger partial charge in [0.2, 0.25) is 0 Å². The molecule has 2 heterocycles. The zero-order valence-electron chi connectivity index (χ0n) is 19.6. The van der Waals surface area contributed by atoms with Crippen LogP contribution in [-0.2, 0) is 18.9 Å². The molecule has 0 aromatic rings. The maximum Gasteiger partial charge on any atom is 0.187 e. The lowest BCUT2D eigenvalue weighted by molar-refractivity contribution is -0.332. The van der Waals surface area contributed by atoms with E-state index in [0.29, 0.717) is 0 Å². The second kappa shape index (κ2) is 12.7. The molecule has 3 aliphatic rings. The number of hydrogen-bond acceptors (Lipinski definition) is 15. The molecule has 208 valence electrons. The van der Waals surface area contributed by atoms with Crippen molar-refractivity contribution in [3.8, 4) is 12.3 Å². The van der Waals surface area contributed by atoms with Gasteiger partial charge in [-0.15, -0.1) is 6.42 Å². The molecule has 14 N–H and O–H groups in total. The second-order valence-electron chi connectivity index (χ2n) is 9.32. The maximum absolute atomic E-state index is 11.2. The minimum Gasteiger partial charge on any atom is -0.394 e. The molecule has 3 fully saturated rings. The third-order valence-electron chi connectivity index (χ3n) is 6.90. The minimum absolute atomic E-state index is 0.0910. The highest BCUT2D eigenvalue weighted by molar-refractivity contribution is 5.03. The Morgan fingerprint density at radius 1 is 0.833 bits per heavy atom. The molecule has 15 nitrogen and oxygen atoms in total. The van der Waals surface area contributed by atoms with Crippen molar-refractivity contribution in [1.82, 2.24) is 5.32 Å². The van der Waals surface area contributed by atoms with Gasteiger partial charge in [-0.3, -0.25) is 0 Å². The van der Waals surface area contributed by atoms with Gasteiger partial charge in [-0.2, -0.15) is 0 Å². The van der Waals surface area contributed by atoms with Crippen LogP contribution in [0.15, 0.2) is 0 Å². The number of ether oxygens (including phenoxy) is 4. The maximum atomic E-state index is 11.2. The lowest BCUT2D eigenvalue weighted by atomic mass is 9.83. The molecule has 0 aromatic heterocycles. The van der Waals surface area contributed by atoms with E-state index in [2.05, 4.69) is 11.2 Å². The highest BCUT2D eigenvalue weighted by atomic mass is 16.7. The standard InChI is InChI=1S/C21H38N4O11/c1-2-3-25-8-4-7(23)18(35-21-16(31)15(30)13(28)9(5-22)33-21)17(32)19(8)36-20-14(29)11(24)12(27)10(6-26)34-20/h1,7-21,25-32H,3-6,22-24H2/t7?,8-,9?,10+,11+,12?,13+,14-,15+,16?,17+,18+,19?,20?,21+/m1/s1. The van der Waals surface area contributed by atoms with Gasteiger partial charge in [0.05, 0.1) is 19.2 Å². The lowest BCUT2D eigenvalue weighted by Crippen LogP contribution is -2.69. The van der Waals surface area contributed by atoms with Crippen molar-refractivity contribution in [2.75, 3.05) is 19.7 Å². The summed E-state index contributed by atoms with van der Waals surface area (Å²) in [6, 6.07) is -2.70. The zero-order valence-corrected chi connectivity index (χ0v) is 19.6. The van der Waals surface area contributed by atoms with Crippen molar-refractivity contribution in [3.63, 3.8) is 0 Å². The third kappa shape index (κ3) is 5.99. The molecule has 0 amide bonds. The third-order valence-corrected chi connectivity index (χ3v) is 6.90. The highest BCUT2D eigenvalue weighted by Gasteiger charge is 2.52. The van der Waals surface area contributed by atoms with Gasteiger partial charge < -0.3 is 77.2 Å². The zero-order chi connectivity index (χ0) is 26.7. The Labute approximate surface area is 208 Å². The predicted molar refractivity (Wildman–Crippen MR) is 120 cm³/mol. The molecule has 2 aliphatic heterocycles. The largest absolute Gasteiger partial charge is 0.394 e. The van der Waals surface area contributed by atoms with E-state index in [4.69, 9.17) is 42.6 Å². The summed E-state index contributed by atoms with van der Waals surface area (Å²) in [6.45, 7) is -0.686. The summed E-state index contributed by atoms with van der Waals surface area (Å²) in [4.78, 5) is 0. The summed E-state index contributed by atoms with van der Waals surface area (Å²) in [5.74, 6) is 2.41. The number of nitrogens with two attached hydrogens (primary N) is 3. The Morgan fingerprint density at radius 2 is 1.44 bits per heavy atom. The Balaban J connectivity index is 1.80. The van der Waals surface area contributed by atoms with E-state index >= 15 is 0 Å². The fourth-order valence-electron chi connectivity index (χ4n) is 4.75. The molecule has 1 aliphatic carbocycles. The molecule has 2 saturated heterocycles. The van der Waals surface area contributed by atoms with E-state index in [1.165, 1.54) is 0 Å². The van der Waals surface area contributed by atoms with E-state index in [1.54, 1.807) is 0 Å². The van der Waals surface area contributed by atoms with Crippen molar-refractivity contribution >= 4 is 0 Å². The normalized spacial score (nSPS) is 50.0. The monoisotopic (exact) mass is 522 g/mol. The van der Waals surface area contributed by atoms with Gasteiger partial charge in [-0.05, 0) is 6.42 Å². The Hall–Kier alpha value is -1.04. The van der Waals surface area contributed by atoms with Crippen molar-refractivity contribution in [2.45, 2.75) is 98.2 Å². The number of rotatable bonds is 8. The van der Waals surface area contributed by atoms with Crippen LogP contribution < -0.4 is 22.5 Å². The average molecular weight is 523 g/mol. The van der Waals surface area contributed by atoms with Crippen LogP contribution in [-0.4, -0.2) is 147 Å². The molecule has 6 unspecified atom stereocenters. The first-order chi connectivity index (χ1) is 17.0. The summed E-state index contributed by atoms with van der Waals surface area (Å²) in [5.41, 5.74) is 17.7. The van der Waals surface area contributed by atoms with E-state index < -0.39 is 98.4 Å². The van der Waals surface area contributed by atoms with E-state index in [9.17, 15) is 35.7 Å². The summed E-state index contributed by atoms with van der Waals surface area (Å²) in [5, 5.41) is 74.8. The Morgan fingerprint density at radius 3 is 2.06 bits per heavy atom. The van der Waals surface area contributed by atoms with Crippen LogP contribution in [0.25, 0.3) is 0 Å². The number of terminal acetylenes is 1. The van der Waals surface area contributed by atoms with Crippen LogP contribution in [0.2, 0.25) is 0 Å². The molecule has 36 heavy (non-hydrogen) atoms. The van der Waals surface area contributed by atoms with Crippen molar-refractivity contribution in [1.29, 1.82) is 0 Å². The van der Waals surface area contributed by atoms with Crippen molar-refractivity contribution in [2.24, 2.45) is 17.2 Å². The molecule has 0 spiro atoms. The van der Waals surface area contributed by atoms with Crippen LogP contribution in [0.1, 0.15) is 6.42 Å². The summed E-state index contributed by atoms with van der Waals surface area (Å²) in [6.07, 6.45) is -11.1. The predicted octanol–water partition coefficient (Wildman–Crippen LogP) is -7.03. The van der Waals surface area contributed by atoms with Gasteiger partial charge in [-0.1, -0.05) is 5.92 Å². The van der Waals surface area contributed by atoms with Crippen LogP contribution in [0.3, 0.4) is 0 Å². The fraction of sp³-hybridized carbons (Fsp3) is 0.905. The molecule has 0 aromatic carbocycles. The van der Waals surface area contributed by atoms with Gasteiger partial charge in [-0.25, -0.2) is 0 Å². The molecule has 1 saturated carbocycles. The average Bonchev–Trinajstić information content (AvgIpc) is 2.86. The van der Waals surface area contributed by atoms with E-state index in [-0.39, 0.29) is 19.5 Å². The smallest absolute Gasteiger partial charge is 0.187 e. The minimum atomic E-state index is -1.67. The second-order valence-corrected chi connectivity index (χ2v) is 9.32.